The predicted molar refractivity (Wildman–Crippen MR) is 197 cm³/mol. The molecular weight excluding hydrogens is 601 g/mol. The Labute approximate surface area is 284 Å². The van der Waals surface area contributed by atoms with Gasteiger partial charge in [-0.2, -0.15) is 0 Å². The molecule has 0 radical (unpaired) electrons. The first-order valence-electron chi connectivity index (χ1n) is 16.4. The molecule has 0 aliphatic heterocycles. The van der Waals surface area contributed by atoms with Crippen LogP contribution in [0, 0.1) is 5.92 Å². The zero-order valence-corrected chi connectivity index (χ0v) is 31.0. The molecule has 3 rings (SSSR count). The van der Waals surface area contributed by atoms with Crippen molar-refractivity contribution in [2.24, 2.45) is 5.92 Å². The zero-order chi connectivity index (χ0) is 34.7. The molecule has 0 bridgehead atoms. The van der Waals surface area contributed by atoms with E-state index in [1.807, 2.05) is 70.2 Å². The van der Waals surface area contributed by atoms with Gasteiger partial charge in [-0.15, -0.1) is 0 Å². The van der Waals surface area contributed by atoms with E-state index >= 15 is 0 Å². The first-order chi connectivity index (χ1) is 22.2. The Morgan fingerprint density at radius 2 is 1.38 bits per heavy atom. The Morgan fingerprint density at radius 3 is 1.87 bits per heavy atom. The molecule has 252 valence electrons. The standard InChI is InChI=1S/C41H54O5Si/c1-31(28-33(3)39(42)46-40(4,5)6)18-17-19-32(2)38(44-29-34-24-26-35(43-10)27-25-34)30-45-47(41(7,8)9,36-20-13-11-14-21-36)37-22-15-12-16-23-37/h11-28,32,38H,29-30H2,1-10H3/b19-17+,31-18+,33-28+/t32-,38-/m1/s1. The Hall–Kier alpha value is -3.71. The average molecular weight is 655 g/mol. The van der Waals surface area contributed by atoms with Crippen LogP contribution in [0.2, 0.25) is 5.04 Å². The molecule has 0 aromatic heterocycles. The van der Waals surface area contributed by atoms with Crippen molar-refractivity contribution >= 4 is 24.7 Å². The lowest BCUT2D eigenvalue weighted by atomic mass is 10.0. The van der Waals surface area contributed by atoms with Gasteiger partial charge in [0.15, 0.2) is 0 Å². The summed E-state index contributed by atoms with van der Waals surface area (Å²) in [5.41, 5.74) is 2.05. The number of benzene rings is 3. The van der Waals surface area contributed by atoms with Crippen LogP contribution in [0.1, 0.15) is 67.9 Å². The molecule has 3 aromatic carbocycles. The van der Waals surface area contributed by atoms with Gasteiger partial charge in [0, 0.05) is 11.5 Å². The molecule has 0 fully saturated rings. The second kappa shape index (κ2) is 16.9. The van der Waals surface area contributed by atoms with E-state index in [2.05, 4.69) is 94.4 Å². The van der Waals surface area contributed by atoms with Crippen LogP contribution in [-0.2, 0) is 25.3 Å². The minimum absolute atomic E-state index is 0.0337. The summed E-state index contributed by atoms with van der Waals surface area (Å²) in [6, 6.07) is 29.3. The van der Waals surface area contributed by atoms with Crippen molar-refractivity contribution in [1.29, 1.82) is 0 Å². The van der Waals surface area contributed by atoms with E-state index in [4.69, 9.17) is 18.6 Å². The Kier molecular flexibility index (Phi) is 13.6. The molecule has 0 heterocycles. The van der Waals surface area contributed by atoms with Crippen molar-refractivity contribution in [3.63, 3.8) is 0 Å². The van der Waals surface area contributed by atoms with Gasteiger partial charge in [-0.05, 0) is 73.8 Å². The molecule has 47 heavy (non-hydrogen) atoms. The number of rotatable bonds is 14. The molecule has 0 saturated carbocycles. The topological polar surface area (TPSA) is 54.0 Å². The molecule has 0 aliphatic carbocycles. The number of carbonyl (C=O) groups is 1. The summed E-state index contributed by atoms with van der Waals surface area (Å²) in [4.78, 5) is 12.4. The maximum Gasteiger partial charge on any atom is 0.334 e. The molecule has 0 unspecified atom stereocenters. The highest BCUT2D eigenvalue weighted by atomic mass is 28.4. The summed E-state index contributed by atoms with van der Waals surface area (Å²) in [5, 5.41) is 2.33. The number of allylic oxidation sites excluding steroid dienone is 4. The van der Waals surface area contributed by atoms with E-state index in [9.17, 15) is 4.79 Å². The van der Waals surface area contributed by atoms with Crippen molar-refractivity contribution in [2.75, 3.05) is 13.7 Å². The zero-order valence-electron chi connectivity index (χ0n) is 30.0. The second-order valence-corrected chi connectivity index (χ2v) is 18.5. The number of hydrogen-bond acceptors (Lipinski definition) is 5. The molecule has 0 amide bonds. The average Bonchev–Trinajstić information content (AvgIpc) is 3.02. The molecule has 2 atom stereocenters. The van der Waals surface area contributed by atoms with Crippen LogP contribution in [-0.4, -0.2) is 39.7 Å². The maximum absolute atomic E-state index is 12.4. The molecular formula is C41H54O5Si. The molecule has 0 spiro atoms. The van der Waals surface area contributed by atoms with Gasteiger partial charge in [-0.3, -0.25) is 0 Å². The monoisotopic (exact) mass is 654 g/mol. The second-order valence-electron chi connectivity index (χ2n) is 14.2. The predicted octanol–water partition coefficient (Wildman–Crippen LogP) is 8.58. The van der Waals surface area contributed by atoms with Gasteiger partial charge >= 0.3 is 5.97 Å². The molecule has 5 nitrogen and oxygen atoms in total. The highest BCUT2D eigenvalue weighted by molar-refractivity contribution is 6.99. The summed E-state index contributed by atoms with van der Waals surface area (Å²) in [7, 11) is -1.09. The van der Waals surface area contributed by atoms with Crippen LogP contribution in [0.15, 0.2) is 120 Å². The van der Waals surface area contributed by atoms with Crippen LogP contribution >= 0.6 is 0 Å². The molecule has 3 aromatic rings. The lowest BCUT2D eigenvalue weighted by Gasteiger charge is -2.44. The van der Waals surface area contributed by atoms with Gasteiger partial charge in [0.2, 0.25) is 0 Å². The molecule has 0 aliphatic rings. The summed E-state index contributed by atoms with van der Waals surface area (Å²) in [6.45, 7) is 19.3. The lowest BCUT2D eigenvalue weighted by molar-refractivity contribution is -0.149. The number of methoxy groups -OCH3 is 1. The quantitative estimate of drug-likeness (QED) is 0.0755. The fourth-order valence-corrected chi connectivity index (χ4v) is 10.1. The Morgan fingerprint density at radius 1 is 0.830 bits per heavy atom. The normalized spacial score (nSPS) is 14.6. The fourth-order valence-electron chi connectivity index (χ4n) is 5.56. The number of carbonyl (C=O) groups excluding carboxylic acids is 1. The molecule has 0 N–H and O–H groups in total. The van der Waals surface area contributed by atoms with Crippen LogP contribution in [0.5, 0.6) is 5.75 Å². The molecule has 6 heteroatoms. The Bertz CT molecular complexity index is 1450. The summed E-state index contributed by atoms with van der Waals surface area (Å²) < 4.78 is 24.8. The van der Waals surface area contributed by atoms with E-state index in [0.29, 0.717) is 18.8 Å². The van der Waals surface area contributed by atoms with Gasteiger partial charge in [0.1, 0.15) is 11.4 Å². The first-order valence-corrected chi connectivity index (χ1v) is 18.3. The maximum atomic E-state index is 12.4. The van der Waals surface area contributed by atoms with Crippen LogP contribution < -0.4 is 15.1 Å². The highest BCUT2D eigenvalue weighted by Crippen LogP contribution is 2.37. The van der Waals surface area contributed by atoms with Crippen molar-refractivity contribution < 1.29 is 23.4 Å². The van der Waals surface area contributed by atoms with E-state index in [1.165, 1.54) is 10.4 Å². The number of hydrogen-bond donors (Lipinski definition) is 0. The Balaban J connectivity index is 1.92. The summed E-state index contributed by atoms with van der Waals surface area (Å²) in [6.07, 6.45) is 7.82. The highest BCUT2D eigenvalue weighted by Gasteiger charge is 2.50. The summed E-state index contributed by atoms with van der Waals surface area (Å²) in [5.74, 6) is 0.538. The summed E-state index contributed by atoms with van der Waals surface area (Å²) >= 11 is 0. The first kappa shape index (κ1) is 37.7. The van der Waals surface area contributed by atoms with Gasteiger partial charge in [0.25, 0.3) is 8.32 Å². The third kappa shape index (κ3) is 10.9. The molecule has 0 saturated heterocycles. The number of esters is 1. The van der Waals surface area contributed by atoms with E-state index < -0.39 is 13.9 Å². The smallest absolute Gasteiger partial charge is 0.334 e. The van der Waals surface area contributed by atoms with Crippen molar-refractivity contribution in [3.05, 3.63) is 126 Å². The largest absolute Gasteiger partial charge is 0.497 e. The van der Waals surface area contributed by atoms with Crippen LogP contribution in [0.25, 0.3) is 0 Å². The van der Waals surface area contributed by atoms with E-state index in [0.717, 1.165) is 16.9 Å². The SMILES string of the molecule is COc1ccc(CO[C@H](CO[Si](c2ccccc2)(c2ccccc2)C(C)(C)C)[C@H](C)/C=C/C=C(C)/C=C(\C)C(=O)OC(C)(C)C)cc1. The van der Waals surface area contributed by atoms with Gasteiger partial charge in [-0.1, -0.05) is 124 Å². The lowest BCUT2D eigenvalue weighted by Crippen LogP contribution is -2.67. The third-order valence-corrected chi connectivity index (χ3v) is 13.0. The van der Waals surface area contributed by atoms with Gasteiger partial charge < -0.3 is 18.6 Å². The van der Waals surface area contributed by atoms with E-state index in [1.54, 1.807) is 14.0 Å². The van der Waals surface area contributed by atoms with Crippen molar-refractivity contribution in [2.45, 2.75) is 85.7 Å². The fraction of sp³-hybridized carbons (Fsp3) is 0.390. The third-order valence-electron chi connectivity index (χ3n) is 8.03. The van der Waals surface area contributed by atoms with Crippen molar-refractivity contribution in [3.8, 4) is 5.75 Å². The van der Waals surface area contributed by atoms with E-state index in [-0.39, 0.29) is 23.0 Å². The van der Waals surface area contributed by atoms with Crippen molar-refractivity contribution in [1.82, 2.24) is 0 Å². The van der Waals surface area contributed by atoms with Crippen LogP contribution in [0.4, 0.5) is 0 Å². The van der Waals surface area contributed by atoms with Gasteiger partial charge in [0.05, 0.1) is 26.4 Å². The minimum atomic E-state index is -2.76. The van der Waals surface area contributed by atoms with Crippen LogP contribution in [0.3, 0.4) is 0 Å². The number of ether oxygens (including phenoxy) is 3. The minimum Gasteiger partial charge on any atom is -0.497 e. The van der Waals surface area contributed by atoms with Gasteiger partial charge in [-0.25, -0.2) is 4.79 Å².